The van der Waals surface area contributed by atoms with Crippen molar-refractivity contribution in [1.29, 1.82) is 0 Å². The number of carbonyl (C=O) groups excluding carboxylic acids is 2. The summed E-state index contributed by atoms with van der Waals surface area (Å²) in [5.74, 6) is 1.29. The van der Waals surface area contributed by atoms with Gasteiger partial charge in [-0.05, 0) is 24.5 Å². The van der Waals surface area contributed by atoms with Gasteiger partial charge in [-0.3, -0.25) is 14.5 Å². The Morgan fingerprint density at radius 2 is 1.79 bits per heavy atom. The summed E-state index contributed by atoms with van der Waals surface area (Å²) in [5.41, 5.74) is 1.29. The minimum absolute atomic E-state index is 0.0110. The van der Waals surface area contributed by atoms with Crippen LogP contribution in [0.2, 0.25) is 0 Å². The number of carbonyl (C=O) groups is 2. The Kier molecular flexibility index (Phi) is 3.60. The van der Waals surface area contributed by atoms with Gasteiger partial charge in [-0.2, -0.15) is 0 Å². The average Bonchev–Trinajstić information content (AvgIpc) is 2.76. The SMILES string of the molecule is O=C1CCCCC(=O)N1CC1CSc2ccccc21. The molecule has 0 saturated carbocycles. The van der Waals surface area contributed by atoms with Crippen molar-refractivity contribution in [3.05, 3.63) is 29.8 Å². The van der Waals surface area contributed by atoms with Crippen LogP contribution in [0.3, 0.4) is 0 Å². The highest BCUT2D eigenvalue weighted by atomic mass is 32.2. The second-order valence-electron chi connectivity index (χ2n) is 5.15. The molecule has 1 unspecified atom stereocenters. The number of rotatable bonds is 2. The van der Waals surface area contributed by atoms with E-state index in [4.69, 9.17) is 0 Å². The molecule has 0 N–H and O–H groups in total. The van der Waals surface area contributed by atoms with Crippen LogP contribution in [-0.2, 0) is 9.59 Å². The molecule has 1 fully saturated rings. The zero-order valence-electron chi connectivity index (χ0n) is 10.8. The maximum Gasteiger partial charge on any atom is 0.229 e. The number of likely N-dealkylation sites (tertiary alicyclic amines) is 1. The first-order chi connectivity index (χ1) is 9.25. The van der Waals surface area contributed by atoms with Crippen molar-refractivity contribution in [3.63, 3.8) is 0 Å². The molecule has 2 amide bonds. The van der Waals surface area contributed by atoms with E-state index in [1.54, 1.807) is 0 Å². The van der Waals surface area contributed by atoms with Gasteiger partial charge in [0.2, 0.25) is 11.8 Å². The fourth-order valence-electron chi connectivity index (χ4n) is 2.77. The van der Waals surface area contributed by atoms with Crippen molar-refractivity contribution in [1.82, 2.24) is 4.90 Å². The molecule has 3 rings (SSSR count). The summed E-state index contributed by atoms with van der Waals surface area (Å²) < 4.78 is 0. The highest BCUT2D eigenvalue weighted by Gasteiger charge is 2.30. The van der Waals surface area contributed by atoms with Gasteiger partial charge in [0.25, 0.3) is 0 Å². The van der Waals surface area contributed by atoms with Crippen LogP contribution in [0, 0.1) is 0 Å². The van der Waals surface area contributed by atoms with Gasteiger partial charge in [0, 0.05) is 36.0 Å². The van der Waals surface area contributed by atoms with Gasteiger partial charge < -0.3 is 0 Å². The van der Waals surface area contributed by atoms with Crippen LogP contribution in [0.15, 0.2) is 29.2 Å². The second-order valence-corrected chi connectivity index (χ2v) is 6.21. The smallest absolute Gasteiger partial charge is 0.229 e. The van der Waals surface area contributed by atoms with Gasteiger partial charge in [0.15, 0.2) is 0 Å². The number of amides is 2. The topological polar surface area (TPSA) is 37.4 Å². The lowest BCUT2D eigenvalue weighted by atomic mass is 10.0. The number of nitrogens with zero attached hydrogens (tertiary/aromatic N) is 1. The number of fused-ring (bicyclic) bond motifs is 1. The van der Waals surface area contributed by atoms with Crippen LogP contribution in [-0.4, -0.2) is 29.0 Å². The van der Waals surface area contributed by atoms with Gasteiger partial charge in [-0.1, -0.05) is 18.2 Å². The Morgan fingerprint density at radius 1 is 1.11 bits per heavy atom. The maximum absolute atomic E-state index is 12.0. The third kappa shape index (κ3) is 2.54. The van der Waals surface area contributed by atoms with Crippen LogP contribution in [0.4, 0.5) is 0 Å². The van der Waals surface area contributed by atoms with E-state index in [0.29, 0.717) is 25.3 Å². The lowest BCUT2D eigenvalue weighted by Crippen LogP contribution is -2.38. The van der Waals surface area contributed by atoms with Crippen LogP contribution in [0.25, 0.3) is 0 Å². The molecule has 0 spiro atoms. The Labute approximate surface area is 117 Å². The van der Waals surface area contributed by atoms with Crippen molar-refractivity contribution in [3.8, 4) is 0 Å². The quantitative estimate of drug-likeness (QED) is 0.779. The Hall–Kier alpha value is -1.29. The summed E-state index contributed by atoms with van der Waals surface area (Å²) in [6.07, 6.45) is 2.73. The first-order valence-electron chi connectivity index (χ1n) is 6.80. The Bertz CT molecular complexity index is 497. The van der Waals surface area contributed by atoms with E-state index < -0.39 is 0 Å². The molecular formula is C15H17NO2S. The fraction of sp³-hybridized carbons (Fsp3) is 0.467. The molecule has 0 radical (unpaired) electrons. The van der Waals surface area contributed by atoms with Crippen LogP contribution in [0.1, 0.15) is 37.2 Å². The van der Waals surface area contributed by atoms with E-state index in [-0.39, 0.29) is 11.8 Å². The predicted molar refractivity (Wildman–Crippen MR) is 75.1 cm³/mol. The van der Waals surface area contributed by atoms with Crippen molar-refractivity contribution in [2.45, 2.75) is 36.5 Å². The molecule has 3 nitrogen and oxygen atoms in total. The molecular weight excluding hydrogens is 258 g/mol. The summed E-state index contributed by atoms with van der Waals surface area (Å²) in [7, 11) is 0. The standard InChI is InChI=1S/C15H17NO2S/c17-14-7-3-4-8-15(18)16(14)9-11-10-19-13-6-2-1-5-12(11)13/h1-2,5-6,11H,3-4,7-10H2. The summed E-state index contributed by atoms with van der Waals surface area (Å²) in [4.78, 5) is 26.8. The monoisotopic (exact) mass is 275 g/mol. The van der Waals surface area contributed by atoms with Gasteiger partial charge in [0.05, 0.1) is 0 Å². The third-order valence-corrected chi connectivity index (χ3v) is 5.09. The molecule has 1 atom stereocenters. The predicted octanol–water partition coefficient (Wildman–Crippen LogP) is 2.81. The largest absolute Gasteiger partial charge is 0.282 e. The van der Waals surface area contributed by atoms with E-state index >= 15 is 0 Å². The summed E-state index contributed by atoms with van der Waals surface area (Å²) in [5, 5.41) is 0. The number of thioether (sulfide) groups is 1. The van der Waals surface area contributed by atoms with Gasteiger partial charge in [-0.25, -0.2) is 0 Å². The van der Waals surface area contributed by atoms with Crippen molar-refractivity contribution in [2.24, 2.45) is 0 Å². The molecule has 1 saturated heterocycles. The first kappa shape index (κ1) is 12.7. The van der Waals surface area contributed by atoms with E-state index in [1.165, 1.54) is 15.4 Å². The highest BCUT2D eigenvalue weighted by molar-refractivity contribution is 7.99. The Balaban J connectivity index is 1.78. The first-order valence-corrected chi connectivity index (χ1v) is 7.79. The van der Waals surface area contributed by atoms with E-state index in [2.05, 4.69) is 12.1 Å². The number of hydrogen-bond acceptors (Lipinski definition) is 3. The zero-order valence-corrected chi connectivity index (χ0v) is 11.6. The van der Waals surface area contributed by atoms with E-state index in [1.807, 2.05) is 23.9 Å². The van der Waals surface area contributed by atoms with Crippen LogP contribution in [0.5, 0.6) is 0 Å². The van der Waals surface area contributed by atoms with E-state index in [9.17, 15) is 9.59 Å². The van der Waals surface area contributed by atoms with Crippen LogP contribution < -0.4 is 0 Å². The molecule has 1 aromatic carbocycles. The number of hydrogen-bond donors (Lipinski definition) is 0. The molecule has 0 aromatic heterocycles. The number of benzene rings is 1. The average molecular weight is 275 g/mol. The fourth-order valence-corrected chi connectivity index (χ4v) is 4.01. The van der Waals surface area contributed by atoms with Crippen LogP contribution >= 0.6 is 11.8 Å². The molecule has 1 aromatic rings. The van der Waals surface area contributed by atoms with E-state index in [0.717, 1.165) is 18.6 Å². The van der Waals surface area contributed by atoms with Crippen molar-refractivity contribution in [2.75, 3.05) is 12.3 Å². The zero-order chi connectivity index (χ0) is 13.2. The summed E-state index contributed by atoms with van der Waals surface area (Å²) >= 11 is 1.82. The lowest BCUT2D eigenvalue weighted by molar-refractivity contribution is -0.144. The normalized spacial score (nSPS) is 23.4. The highest BCUT2D eigenvalue weighted by Crippen LogP contribution is 2.39. The number of imide groups is 1. The summed E-state index contributed by atoms with van der Waals surface area (Å²) in [6.45, 7) is 0.557. The molecule has 19 heavy (non-hydrogen) atoms. The molecule has 2 heterocycles. The third-order valence-electron chi connectivity index (χ3n) is 3.84. The Morgan fingerprint density at radius 3 is 2.53 bits per heavy atom. The molecule has 4 heteroatoms. The molecule has 100 valence electrons. The minimum atomic E-state index is 0.0110. The minimum Gasteiger partial charge on any atom is -0.282 e. The second kappa shape index (κ2) is 5.37. The van der Waals surface area contributed by atoms with Crippen molar-refractivity contribution < 1.29 is 9.59 Å². The summed E-state index contributed by atoms with van der Waals surface area (Å²) in [6, 6.07) is 8.30. The lowest BCUT2D eigenvalue weighted by Gasteiger charge is -2.22. The van der Waals surface area contributed by atoms with Gasteiger partial charge in [0.1, 0.15) is 0 Å². The van der Waals surface area contributed by atoms with Crippen molar-refractivity contribution >= 4 is 23.6 Å². The molecule has 0 aliphatic carbocycles. The van der Waals surface area contributed by atoms with Gasteiger partial charge >= 0.3 is 0 Å². The maximum atomic E-state index is 12.0. The molecule has 2 aliphatic heterocycles. The molecule has 0 bridgehead atoms. The van der Waals surface area contributed by atoms with Gasteiger partial charge in [-0.15, -0.1) is 11.8 Å². The molecule has 2 aliphatic rings.